The van der Waals surface area contributed by atoms with Gasteiger partial charge in [-0.3, -0.25) is 4.79 Å². The Labute approximate surface area is 189 Å². The number of anilines is 2. The summed E-state index contributed by atoms with van der Waals surface area (Å²) in [4.78, 5) is 15.7. The lowest BCUT2D eigenvalue weighted by atomic mass is 10.1. The molecule has 1 aliphatic rings. The number of amides is 1. The first kappa shape index (κ1) is 22.4. The molecule has 1 fully saturated rings. The van der Waals surface area contributed by atoms with Crippen molar-refractivity contribution in [3.05, 3.63) is 54.2 Å². The third kappa shape index (κ3) is 4.25. The van der Waals surface area contributed by atoms with Crippen molar-refractivity contribution in [1.82, 2.24) is 8.87 Å². The van der Waals surface area contributed by atoms with Gasteiger partial charge in [-0.2, -0.15) is 0 Å². The molecule has 1 aliphatic heterocycles. The largest absolute Gasteiger partial charge is 0.371 e. The van der Waals surface area contributed by atoms with Crippen LogP contribution in [0.5, 0.6) is 0 Å². The van der Waals surface area contributed by atoms with Crippen LogP contribution in [-0.2, 0) is 16.6 Å². The van der Waals surface area contributed by atoms with Crippen molar-refractivity contribution in [2.75, 3.05) is 37.4 Å². The third-order valence-electron chi connectivity index (χ3n) is 6.06. The van der Waals surface area contributed by atoms with E-state index in [0.717, 1.165) is 53.4 Å². The lowest BCUT2D eigenvalue weighted by Crippen LogP contribution is -2.32. The number of sulfonamides is 1. The number of nitrogens with zero attached hydrogens (tertiary/aromatic N) is 3. The van der Waals surface area contributed by atoms with E-state index in [9.17, 15) is 13.2 Å². The monoisotopic (exact) mass is 454 g/mol. The average Bonchev–Trinajstić information content (AvgIpc) is 3.21. The van der Waals surface area contributed by atoms with E-state index in [-0.39, 0.29) is 10.8 Å². The maximum Gasteiger partial charge on any atom is 0.257 e. The Kier molecular flexibility index (Phi) is 6.26. The highest BCUT2D eigenvalue weighted by Crippen LogP contribution is 2.29. The fraction of sp³-hybridized carbons (Fsp3) is 0.375. The summed E-state index contributed by atoms with van der Waals surface area (Å²) in [6.07, 6.45) is 5.32. The minimum absolute atomic E-state index is 0.115. The molecule has 2 aromatic carbocycles. The second-order valence-electron chi connectivity index (χ2n) is 8.34. The molecule has 4 rings (SSSR count). The minimum Gasteiger partial charge on any atom is -0.371 e. The topological polar surface area (TPSA) is 74.6 Å². The molecule has 0 unspecified atom stereocenters. The van der Waals surface area contributed by atoms with Crippen molar-refractivity contribution < 1.29 is 13.2 Å². The molecule has 1 amide bonds. The van der Waals surface area contributed by atoms with Crippen molar-refractivity contribution in [1.29, 1.82) is 0 Å². The molecule has 3 aromatic rings. The van der Waals surface area contributed by atoms with Crippen LogP contribution >= 0.6 is 0 Å². The quantitative estimate of drug-likeness (QED) is 0.607. The molecule has 0 atom stereocenters. The normalized spacial score (nSPS) is 14.8. The Bertz CT molecular complexity index is 1240. The van der Waals surface area contributed by atoms with E-state index in [1.165, 1.54) is 26.6 Å². The van der Waals surface area contributed by atoms with Gasteiger partial charge in [0.05, 0.1) is 10.5 Å². The van der Waals surface area contributed by atoms with Crippen molar-refractivity contribution in [3.63, 3.8) is 0 Å². The number of aromatic nitrogens is 1. The first-order valence-corrected chi connectivity index (χ1v) is 12.5. The van der Waals surface area contributed by atoms with Crippen molar-refractivity contribution in [2.45, 2.75) is 37.6 Å². The van der Waals surface area contributed by atoms with Gasteiger partial charge in [0.1, 0.15) is 0 Å². The Hall–Kier alpha value is -2.84. The summed E-state index contributed by atoms with van der Waals surface area (Å²) in [6.45, 7) is 4.68. The Balaban J connectivity index is 1.71. The highest BCUT2D eigenvalue weighted by atomic mass is 32.2. The zero-order chi connectivity index (χ0) is 22.9. The van der Waals surface area contributed by atoms with Gasteiger partial charge in [-0.05, 0) is 68.7 Å². The number of fused-ring (bicyclic) bond motifs is 1. The van der Waals surface area contributed by atoms with E-state index in [1.807, 2.05) is 30.5 Å². The van der Waals surface area contributed by atoms with Gasteiger partial charge in [0.2, 0.25) is 10.0 Å². The van der Waals surface area contributed by atoms with Crippen LogP contribution in [0.15, 0.2) is 53.6 Å². The Morgan fingerprint density at radius 3 is 2.47 bits per heavy atom. The van der Waals surface area contributed by atoms with Gasteiger partial charge in [-0.1, -0.05) is 0 Å². The second kappa shape index (κ2) is 8.96. The van der Waals surface area contributed by atoms with E-state index in [2.05, 4.69) is 21.7 Å². The number of benzene rings is 2. The molecular weight excluding hydrogens is 424 g/mol. The van der Waals surface area contributed by atoms with Crippen molar-refractivity contribution in [3.8, 4) is 0 Å². The van der Waals surface area contributed by atoms with Gasteiger partial charge in [-0.15, -0.1) is 0 Å². The van der Waals surface area contributed by atoms with Crippen LogP contribution in [0.2, 0.25) is 0 Å². The van der Waals surface area contributed by atoms with Gasteiger partial charge in [0.15, 0.2) is 0 Å². The zero-order valence-electron chi connectivity index (χ0n) is 18.8. The summed E-state index contributed by atoms with van der Waals surface area (Å²) < 4.78 is 28.7. The molecule has 2 heterocycles. The smallest absolute Gasteiger partial charge is 0.257 e. The van der Waals surface area contributed by atoms with E-state index < -0.39 is 10.0 Å². The molecule has 32 heavy (non-hydrogen) atoms. The Morgan fingerprint density at radius 2 is 1.78 bits per heavy atom. The predicted molar refractivity (Wildman–Crippen MR) is 129 cm³/mol. The van der Waals surface area contributed by atoms with Gasteiger partial charge >= 0.3 is 0 Å². The molecule has 0 saturated carbocycles. The molecule has 0 aliphatic carbocycles. The van der Waals surface area contributed by atoms with Gasteiger partial charge < -0.3 is 14.8 Å². The van der Waals surface area contributed by atoms with Crippen LogP contribution < -0.4 is 10.2 Å². The number of hydrogen-bond acceptors (Lipinski definition) is 4. The second-order valence-corrected chi connectivity index (χ2v) is 10.5. The number of hydrogen-bond donors (Lipinski definition) is 1. The maximum absolute atomic E-state index is 13.4. The molecule has 0 spiro atoms. The number of nitrogens with one attached hydrogen (secondary N) is 1. The molecular formula is C24H30N4O3S. The highest BCUT2D eigenvalue weighted by molar-refractivity contribution is 7.89. The Morgan fingerprint density at radius 1 is 1.03 bits per heavy atom. The van der Waals surface area contributed by atoms with E-state index in [1.54, 1.807) is 12.1 Å². The zero-order valence-corrected chi connectivity index (χ0v) is 19.7. The van der Waals surface area contributed by atoms with Gasteiger partial charge in [-0.25, -0.2) is 12.7 Å². The van der Waals surface area contributed by atoms with E-state index >= 15 is 0 Å². The lowest BCUT2D eigenvalue weighted by molar-refractivity contribution is 0.102. The van der Waals surface area contributed by atoms with Crippen LogP contribution in [0.1, 0.15) is 36.5 Å². The van der Waals surface area contributed by atoms with Crippen LogP contribution in [0, 0.1) is 0 Å². The lowest BCUT2D eigenvalue weighted by Gasteiger charge is -2.30. The van der Waals surface area contributed by atoms with Crippen molar-refractivity contribution >= 4 is 38.2 Å². The number of rotatable bonds is 6. The summed E-state index contributed by atoms with van der Waals surface area (Å²) in [5.41, 5.74) is 2.94. The summed E-state index contributed by atoms with van der Waals surface area (Å²) in [5, 5.41) is 4.03. The standard InChI is InChI=1S/C24H30N4O3S/c1-4-27-15-12-18-16-19(8-10-22(18)27)25-24(29)21-17-20(32(30,31)26(2)3)9-11-23(21)28-13-6-5-7-14-28/h8-12,15-17H,4-7,13-14H2,1-3H3,(H,25,29). The molecule has 1 saturated heterocycles. The number of piperidine rings is 1. The van der Waals surface area contributed by atoms with Crippen molar-refractivity contribution in [2.24, 2.45) is 0 Å². The fourth-order valence-electron chi connectivity index (χ4n) is 4.23. The highest BCUT2D eigenvalue weighted by Gasteiger charge is 2.24. The SMILES string of the molecule is CCn1ccc2cc(NC(=O)c3cc(S(=O)(=O)N(C)C)ccc3N3CCCCC3)ccc21. The first-order chi connectivity index (χ1) is 15.3. The number of carbonyl (C=O) groups is 1. The first-order valence-electron chi connectivity index (χ1n) is 11.0. The molecule has 0 bridgehead atoms. The molecule has 7 nitrogen and oxygen atoms in total. The van der Waals surface area contributed by atoms with Crippen LogP contribution in [0.25, 0.3) is 10.9 Å². The summed E-state index contributed by atoms with van der Waals surface area (Å²) >= 11 is 0. The minimum atomic E-state index is -3.65. The summed E-state index contributed by atoms with van der Waals surface area (Å²) in [7, 11) is -0.667. The third-order valence-corrected chi connectivity index (χ3v) is 7.87. The summed E-state index contributed by atoms with van der Waals surface area (Å²) in [5.74, 6) is -0.310. The average molecular weight is 455 g/mol. The molecule has 1 N–H and O–H groups in total. The molecule has 1 aromatic heterocycles. The fourth-order valence-corrected chi connectivity index (χ4v) is 5.16. The number of aryl methyl sites for hydroxylation is 1. The molecule has 0 radical (unpaired) electrons. The maximum atomic E-state index is 13.4. The van der Waals surface area contributed by atoms with Gasteiger partial charge in [0.25, 0.3) is 5.91 Å². The van der Waals surface area contributed by atoms with Crippen LogP contribution in [0.4, 0.5) is 11.4 Å². The van der Waals surface area contributed by atoms with Gasteiger partial charge in [0, 0.05) is 62.2 Å². The summed E-state index contributed by atoms with van der Waals surface area (Å²) in [6, 6.07) is 12.7. The molecule has 170 valence electrons. The van der Waals surface area contributed by atoms with Crippen LogP contribution in [-0.4, -0.2) is 50.4 Å². The molecule has 8 heteroatoms. The van der Waals surface area contributed by atoms with E-state index in [0.29, 0.717) is 11.3 Å². The van der Waals surface area contributed by atoms with Crippen LogP contribution in [0.3, 0.4) is 0 Å². The predicted octanol–water partition coefficient (Wildman–Crippen LogP) is 4.15. The van der Waals surface area contributed by atoms with E-state index in [4.69, 9.17) is 0 Å². The number of carbonyl (C=O) groups excluding carboxylic acids is 1.